The molecule has 8 heteroatoms. The summed E-state index contributed by atoms with van der Waals surface area (Å²) in [5.74, 6) is 0.550. The van der Waals surface area contributed by atoms with Gasteiger partial charge in [-0.05, 0) is 68.6 Å². The average molecular weight is 487 g/mol. The highest BCUT2D eigenvalue weighted by Crippen LogP contribution is 2.70. The van der Waals surface area contributed by atoms with Crippen LogP contribution in [-0.4, -0.2) is 49.3 Å². The molecule has 0 aromatic heterocycles. The van der Waals surface area contributed by atoms with Crippen molar-refractivity contribution in [3.8, 4) is 0 Å². The summed E-state index contributed by atoms with van der Waals surface area (Å²) in [5, 5.41) is 8.59. The van der Waals surface area contributed by atoms with Crippen LogP contribution in [0.5, 0.6) is 0 Å². The predicted molar refractivity (Wildman–Crippen MR) is 130 cm³/mol. The lowest BCUT2D eigenvalue weighted by Gasteiger charge is -2.58. The molecule has 192 valence electrons. The molecule has 0 aromatic rings. The van der Waals surface area contributed by atoms with Crippen molar-refractivity contribution in [1.29, 1.82) is 0 Å². The molecule has 3 fully saturated rings. The van der Waals surface area contributed by atoms with Gasteiger partial charge in [-0.2, -0.15) is 0 Å². The van der Waals surface area contributed by atoms with Crippen LogP contribution >= 0.6 is 0 Å². The molecule has 0 amide bonds. The van der Waals surface area contributed by atoms with Crippen molar-refractivity contribution in [3.05, 3.63) is 11.6 Å². The van der Waals surface area contributed by atoms with Gasteiger partial charge in [-0.15, -0.1) is 0 Å². The number of hydrogen-bond donors (Lipinski definition) is 0. The first-order valence-electron chi connectivity index (χ1n) is 12.9. The van der Waals surface area contributed by atoms with E-state index < -0.39 is 11.6 Å². The Balaban J connectivity index is 1.51. The van der Waals surface area contributed by atoms with Crippen molar-refractivity contribution in [3.63, 3.8) is 0 Å². The molecule has 4 aliphatic carbocycles. The van der Waals surface area contributed by atoms with Crippen LogP contribution in [0.1, 0.15) is 72.6 Å². The minimum absolute atomic E-state index is 0.00790. The Kier molecular flexibility index (Phi) is 5.80. The topological polar surface area (TPSA) is 95.8 Å². The number of esters is 2. The van der Waals surface area contributed by atoms with Crippen LogP contribution in [0, 0.1) is 34.5 Å². The van der Waals surface area contributed by atoms with Crippen molar-refractivity contribution >= 4 is 23.4 Å². The molecule has 1 aliphatic heterocycles. The second-order valence-corrected chi connectivity index (χ2v) is 11.6. The Morgan fingerprint density at radius 3 is 2.60 bits per heavy atom. The smallest absolute Gasteiger partial charge is 0.356 e. The van der Waals surface area contributed by atoms with Crippen molar-refractivity contribution in [2.24, 2.45) is 44.8 Å². The number of methoxy groups -OCH3 is 1. The monoisotopic (exact) mass is 486 g/mol. The second-order valence-electron chi connectivity index (χ2n) is 11.6. The van der Waals surface area contributed by atoms with Gasteiger partial charge in [-0.25, -0.2) is 4.79 Å². The average Bonchev–Trinajstić information content (AvgIpc) is 3.32. The van der Waals surface area contributed by atoms with Crippen LogP contribution in [0.2, 0.25) is 0 Å². The number of allylic oxidation sites excluding steroid dienone is 1. The van der Waals surface area contributed by atoms with E-state index in [1.165, 1.54) is 26.7 Å². The lowest BCUT2D eigenvalue weighted by molar-refractivity contribution is -0.149. The second kappa shape index (κ2) is 8.34. The Morgan fingerprint density at radius 1 is 1.14 bits per heavy atom. The molecule has 35 heavy (non-hydrogen) atoms. The fourth-order valence-electron chi connectivity index (χ4n) is 8.87. The van der Waals surface area contributed by atoms with E-state index >= 15 is 0 Å². The summed E-state index contributed by atoms with van der Waals surface area (Å²) in [5.41, 5.74) is 1.63. The van der Waals surface area contributed by atoms with E-state index in [4.69, 9.17) is 19.1 Å². The molecular weight excluding hydrogens is 448 g/mol. The van der Waals surface area contributed by atoms with Crippen LogP contribution < -0.4 is 0 Å². The number of fused-ring (bicyclic) bond motifs is 7. The summed E-state index contributed by atoms with van der Waals surface area (Å²) >= 11 is 0. The molecule has 0 unspecified atom stereocenters. The van der Waals surface area contributed by atoms with Gasteiger partial charge in [0.25, 0.3) is 0 Å². The lowest BCUT2D eigenvalue weighted by Crippen LogP contribution is -2.59. The van der Waals surface area contributed by atoms with Crippen LogP contribution in [0.15, 0.2) is 22.0 Å². The molecule has 0 spiro atoms. The SMILES string of the molecule is CO/N=C(/C)[C@]12ON=C(C(=O)OC)[C@H]1C[C@H]1[C@H]3CC=C4C[C@@H](OC(C)=O)CC[C@]4(C)[C@@H]3CC[C@@]12C. The molecular formula is C27H38N2O6. The van der Waals surface area contributed by atoms with Crippen LogP contribution in [-0.2, 0) is 28.7 Å². The first-order valence-corrected chi connectivity index (χ1v) is 12.9. The largest absolute Gasteiger partial charge is 0.464 e. The fourth-order valence-corrected chi connectivity index (χ4v) is 8.87. The van der Waals surface area contributed by atoms with Crippen LogP contribution in [0.3, 0.4) is 0 Å². The zero-order valence-electron chi connectivity index (χ0n) is 21.8. The number of hydrogen-bond acceptors (Lipinski definition) is 8. The summed E-state index contributed by atoms with van der Waals surface area (Å²) in [6, 6.07) is 0. The summed E-state index contributed by atoms with van der Waals surface area (Å²) in [4.78, 5) is 35.7. The molecule has 3 saturated carbocycles. The minimum Gasteiger partial charge on any atom is -0.464 e. The highest BCUT2D eigenvalue weighted by molar-refractivity contribution is 6.38. The van der Waals surface area contributed by atoms with Gasteiger partial charge in [-0.3, -0.25) is 4.79 Å². The quantitative estimate of drug-likeness (QED) is 0.253. The molecule has 0 aromatic carbocycles. The number of rotatable bonds is 4. The normalized spacial score (nSPS) is 43.9. The van der Waals surface area contributed by atoms with E-state index in [-0.39, 0.29) is 28.8 Å². The zero-order chi connectivity index (χ0) is 25.2. The van der Waals surface area contributed by atoms with Crippen LogP contribution in [0.25, 0.3) is 0 Å². The number of nitrogens with zero attached hydrogens (tertiary/aromatic N) is 2. The van der Waals surface area contributed by atoms with Gasteiger partial charge in [0, 0.05) is 18.8 Å². The molecule has 0 saturated heterocycles. The molecule has 0 radical (unpaired) electrons. The number of carbonyl (C=O) groups is 2. The third kappa shape index (κ3) is 3.23. The van der Waals surface area contributed by atoms with E-state index in [9.17, 15) is 9.59 Å². The van der Waals surface area contributed by atoms with E-state index in [0.717, 1.165) is 50.7 Å². The summed E-state index contributed by atoms with van der Waals surface area (Å²) in [6.07, 6.45) is 9.06. The van der Waals surface area contributed by atoms with Crippen molar-refractivity contribution in [2.45, 2.75) is 84.3 Å². The van der Waals surface area contributed by atoms with Gasteiger partial charge >= 0.3 is 11.9 Å². The van der Waals surface area contributed by atoms with E-state index in [2.05, 4.69) is 30.2 Å². The van der Waals surface area contributed by atoms with Gasteiger partial charge in [0.05, 0.1) is 13.0 Å². The summed E-state index contributed by atoms with van der Waals surface area (Å²) in [6.45, 7) is 8.15. The maximum atomic E-state index is 12.7. The summed E-state index contributed by atoms with van der Waals surface area (Å²) < 4.78 is 10.7. The van der Waals surface area contributed by atoms with E-state index in [0.29, 0.717) is 23.5 Å². The van der Waals surface area contributed by atoms with Crippen molar-refractivity contribution in [2.75, 3.05) is 14.2 Å². The molecule has 5 rings (SSSR count). The molecule has 8 atom stereocenters. The lowest BCUT2D eigenvalue weighted by atomic mass is 9.46. The van der Waals surface area contributed by atoms with Crippen LogP contribution in [0.4, 0.5) is 0 Å². The number of carbonyl (C=O) groups excluding carboxylic acids is 2. The first kappa shape index (κ1) is 24.3. The maximum Gasteiger partial charge on any atom is 0.356 e. The Hall–Kier alpha value is -2.38. The Morgan fingerprint density at radius 2 is 1.91 bits per heavy atom. The van der Waals surface area contributed by atoms with Gasteiger partial charge in [-0.1, -0.05) is 35.8 Å². The molecule has 0 N–H and O–H groups in total. The number of ether oxygens (including phenoxy) is 2. The van der Waals surface area contributed by atoms with Gasteiger partial charge in [0.1, 0.15) is 18.9 Å². The highest BCUT2D eigenvalue weighted by Gasteiger charge is 2.74. The standard InChI is InChI=1S/C27H38N2O6/c1-15(28-33-6)27-22(23(29-35-27)24(31)32-5)14-21-19-8-7-17-13-18(34-16(2)30)9-11-25(17,3)20(19)10-12-26(21,27)4/h7,18-22H,8-14H2,1-6H3/b28-15-/t18-,19-,20+,21-,22+,25-,26-,27-/m0/s1. The van der Waals surface area contributed by atoms with Gasteiger partial charge < -0.3 is 19.1 Å². The molecule has 1 heterocycles. The number of oxime groups is 2. The zero-order valence-corrected chi connectivity index (χ0v) is 21.8. The molecule has 5 aliphatic rings. The highest BCUT2D eigenvalue weighted by atomic mass is 16.7. The third-order valence-corrected chi connectivity index (χ3v) is 10.4. The predicted octanol–water partition coefficient (Wildman–Crippen LogP) is 4.43. The van der Waals surface area contributed by atoms with E-state index in [1.54, 1.807) is 0 Å². The van der Waals surface area contributed by atoms with Crippen molar-refractivity contribution < 1.29 is 28.7 Å². The Labute approximate surface area is 207 Å². The maximum absolute atomic E-state index is 12.7. The van der Waals surface area contributed by atoms with Gasteiger partial charge in [0.15, 0.2) is 11.3 Å². The van der Waals surface area contributed by atoms with Crippen molar-refractivity contribution in [1.82, 2.24) is 0 Å². The fraction of sp³-hybridized carbons (Fsp3) is 0.778. The third-order valence-electron chi connectivity index (χ3n) is 10.4. The van der Waals surface area contributed by atoms with Gasteiger partial charge in [0.2, 0.25) is 0 Å². The summed E-state index contributed by atoms with van der Waals surface area (Å²) in [7, 11) is 2.93. The minimum atomic E-state index is -0.806. The molecule has 8 nitrogen and oxygen atoms in total. The molecule has 0 bridgehead atoms. The Bertz CT molecular complexity index is 1020. The first-order chi connectivity index (χ1) is 16.6. The van der Waals surface area contributed by atoms with E-state index in [1.807, 2.05) is 6.92 Å².